The van der Waals surface area contributed by atoms with Crippen LogP contribution in [-0.2, 0) is 19.2 Å². The molecule has 12 nitrogen and oxygen atoms in total. The molecule has 0 aliphatic carbocycles. The number of aliphatic carboxylic acids is 1. The van der Waals surface area contributed by atoms with Crippen LogP contribution in [0.2, 0.25) is 0 Å². The molecule has 0 fully saturated rings. The summed E-state index contributed by atoms with van der Waals surface area (Å²) in [7, 11) is 0. The highest BCUT2D eigenvalue weighted by Crippen LogP contribution is 2.08. The lowest BCUT2D eigenvalue weighted by Crippen LogP contribution is -2.58. The lowest BCUT2D eigenvalue weighted by Gasteiger charge is -2.25. The molecule has 5 atom stereocenters. The number of hydrogen-bond acceptors (Lipinski definition) is 8. The van der Waals surface area contributed by atoms with Crippen LogP contribution in [0, 0.1) is 5.92 Å². The monoisotopic (exact) mass is 474 g/mol. The third-order valence-corrected chi connectivity index (χ3v) is 5.52. The van der Waals surface area contributed by atoms with E-state index in [1.54, 1.807) is 0 Å². The van der Waals surface area contributed by atoms with Gasteiger partial charge in [-0.3, -0.25) is 14.4 Å². The Hall–Kier alpha value is -2.28. The fraction of sp³-hybridized carbons (Fsp3) is 0.810. The molecule has 0 aromatic heterocycles. The van der Waals surface area contributed by atoms with E-state index in [2.05, 4.69) is 16.0 Å². The van der Waals surface area contributed by atoms with Gasteiger partial charge in [-0.05, 0) is 57.5 Å². The number of aliphatic hydroxyl groups is 1. The second-order valence-corrected chi connectivity index (χ2v) is 8.18. The third-order valence-electron chi connectivity index (χ3n) is 5.52. The van der Waals surface area contributed by atoms with Crippen LogP contribution in [0.15, 0.2) is 0 Å². The van der Waals surface area contributed by atoms with E-state index in [4.69, 9.17) is 17.2 Å². The molecule has 0 aliphatic rings. The lowest BCUT2D eigenvalue weighted by molar-refractivity contribution is -0.142. The topological polar surface area (TPSA) is 223 Å². The second kappa shape index (κ2) is 17.2. The van der Waals surface area contributed by atoms with Crippen LogP contribution in [-0.4, -0.2) is 77.8 Å². The summed E-state index contributed by atoms with van der Waals surface area (Å²) in [4.78, 5) is 49.2. The maximum absolute atomic E-state index is 12.8. The number of unbranched alkanes of at least 4 members (excludes halogenated alkanes) is 2. The van der Waals surface area contributed by atoms with Gasteiger partial charge in [0.2, 0.25) is 17.7 Å². The van der Waals surface area contributed by atoms with Crippen molar-refractivity contribution in [3.8, 4) is 0 Å². The molecule has 0 saturated heterocycles. The summed E-state index contributed by atoms with van der Waals surface area (Å²) in [5.74, 6) is -3.33. The quantitative estimate of drug-likeness (QED) is 0.104. The molecular formula is C21H42N6O6. The van der Waals surface area contributed by atoms with E-state index in [-0.39, 0.29) is 18.8 Å². The SMILES string of the molecule is CCC(C)C(N)C(=O)NC(CCCCN)C(=O)NC(CO)C(=O)NC(CCCCN)C(=O)O. The first kappa shape index (κ1) is 30.7. The second-order valence-electron chi connectivity index (χ2n) is 8.18. The van der Waals surface area contributed by atoms with Crippen molar-refractivity contribution in [3.63, 3.8) is 0 Å². The largest absolute Gasteiger partial charge is 0.480 e. The molecule has 3 amide bonds. The van der Waals surface area contributed by atoms with Gasteiger partial charge in [0.05, 0.1) is 12.6 Å². The minimum Gasteiger partial charge on any atom is -0.480 e. The first-order valence-corrected chi connectivity index (χ1v) is 11.5. The third kappa shape index (κ3) is 11.9. The van der Waals surface area contributed by atoms with Gasteiger partial charge < -0.3 is 43.4 Å². The lowest BCUT2D eigenvalue weighted by atomic mass is 9.98. The first-order valence-electron chi connectivity index (χ1n) is 11.5. The molecule has 0 bridgehead atoms. The van der Waals surface area contributed by atoms with Gasteiger partial charge in [0.1, 0.15) is 18.1 Å². The number of hydrogen-bond donors (Lipinski definition) is 8. The summed E-state index contributed by atoms with van der Waals surface area (Å²) in [5.41, 5.74) is 16.9. The number of carboxylic acid groups (broad SMARTS) is 1. The maximum Gasteiger partial charge on any atom is 0.326 e. The Bertz CT molecular complexity index is 620. The van der Waals surface area contributed by atoms with E-state index in [9.17, 15) is 29.4 Å². The van der Waals surface area contributed by atoms with Gasteiger partial charge in [0.15, 0.2) is 0 Å². The van der Waals surface area contributed by atoms with E-state index in [0.29, 0.717) is 45.2 Å². The predicted molar refractivity (Wildman–Crippen MR) is 124 cm³/mol. The minimum atomic E-state index is -1.38. The van der Waals surface area contributed by atoms with E-state index in [1.165, 1.54) is 0 Å². The molecule has 0 aromatic carbocycles. The standard InChI is InChI=1S/C21H42N6O6/c1-3-13(2)17(24)20(31)25-14(8-4-6-10-22)18(29)27-16(12-28)19(30)26-15(21(32)33)9-5-7-11-23/h13-17,28H,3-12,22-24H2,1-2H3,(H,25,31)(H,26,30)(H,27,29)(H,32,33). The summed E-state index contributed by atoms with van der Waals surface area (Å²) in [5, 5.41) is 26.3. The van der Waals surface area contributed by atoms with E-state index >= 15 is 0 Å². The maximum atomic E-state index is 12.8. The van der Waals surface area contributed by atoms with E-state index in [0.717, 1.165) is 0 Å². The molecule has 0 heterocycles. The van der Waals surface area contributed by atoms with Crippen LogP contribution >= 0.6 is 0 Å². The zero-order valence-electron chi connectivity index (χ0n) is 19.7. The molecule has 0 aromatic rings. The van der Waals surface area contributed by atoms with Crippen LogP contribution in [0.25, 0.3) is 0 Å². The molecule has 192 valence electrons. The predicted octanol–water partition coefficient (Wildman–Crippen LogP) is -1.85. The smallest absolute Gasteiger partial charge is 0.326 e. The van der Waals surface area contributed by atoms with Crippen LogP contribution in [0.3, 0.4) is 0 Å². The molecule has 0 radical (unpaired) electrons. The number of carbonyl (C=O) groups excluding carboxylic acids is 3. The fourth-order valence-electron chi connectivity index (χ4n) is 3.03. The van der Waals surface area contributed by atoms with Gasteiger partial charge in [0.25, 0.3) is 0 Å². The van der Waals surface area contributed by atoms with Gasteiger partial charge in [-0.2, -0.15) is 0 Å². The Morgan fingerprint density at radius 1 is 0.788 bits per heavy atom. The summed E-state index contributed by atoms with van der Waals surface area (Å²) in [6.45, 7) is 3.79. The Morgan fingerprint density at radius 3 is 1.70 bits per heavy atom. The molecule has 0 saturated carbocycles. The van der Waals surface area contributed by atoms with Gasteiger partial charge in [-0.25, -0.2) is 4.79 Å². The summed E-state index contributed by atoms with van der Waals surface area (Å²) < 4.78 is 0. The molecule has 11 N–H and O–H groups in total. The Balaban J connectivity index is 5.22. The van der Waals surface area contributed by atoms with E-state index in [1.807, 2.05) is 13.8 Å². The van der Waals surface area contributed by atoms with Crippen LogP contribution in [0.5, 0.6) is 0 Å². The highest BCUT2D eigenvalue weighted by atomic mass is 16.4. The number of aliphatic hydroxyl groups excluding tert-OH is 1. The van der Waals surface area contributed by atoms with Crippen molar-refractivity contribution in [2.75, 3.05) is 19.7 Å². The molecule has 0 aliphatic heterocycles. The fourth-order valence-corrected chi connectivity index (χ4v) is 3.03. The molecule has 0 spiro atoms. The number of carboxylic acids is 1. The average Bonchev–Trinajstić information content (AvgIpc) is 2.79. The van der Waals surface area contributed by atoms with Crippen molar-refractivity contribution in [2.24, 2.45) is 23.1 Å². The summed E-state index contributed by atoms with van der Waals surface area (Å²) in [6, 6.07) is -4.35. The summed E-state index contributed by atoms with van der Waals surface area (Å²) >= 11 is 0. The minimum absolute atomic E-state index is 0.0963. The van der Waals surface area contributed by atoms with Crippen molar-refractivity contribution < 1.29 is 29.4 Å². The molecule has 5 unspecified atom stereocenters. The highest BCUT2D eigenvalue weighted by Gasteiger charge is 2.30. The van der Waals surface area contributed by atoms with Crippen LogP contribution in [0.4, 0.5) is 0 Å². The first-order chi connectivity index (χ1) is 15.6. The van der Waals surface area contributed by atoms with Crippen LogP contribution < -0.4 is 33.2 Å². The zero-order valence-corrected chi connectivity index (χ0v) is 19.7. The number of carbonyl (C=O) groups is 4. The number of amides is 3. The van der Waals surface area contributed by atoms with Crippen molar-refractivity contribution in [2.45, 2.75) is 83.0 Å². The van der Waals surface area contributed by atoms with Crippen molar-refractivity contribution in [1.29, 1.82) is 0 Å². The molecule has 33 heavy (non-hydrogen) atoms. The zero-order chi connectivity index (χ0) is 25.4. The number of rotatable bonds is 18. The van der Waals surface area contributed by atoms with E-state index < -0.39 is 54.5 Å². The Labute approximate surface area is 195 Å². The average molecular weight is 475 g/mol. The Kier molecular flexibility index (Phi) is 16.0. The Morgan fingerprint density at radius 2 is 1.24 bits per heavy atom. The van der Waals surface area contributed by atoms with Crippen molar-refractivity contribution in [3.05, 3.63) is 0 Å². The normalized spacial score (nSPS) is 15.6. The number of nitrogens with one attached hydrogen (secondary N) is 3. The molecular weight excluding hydrogens is 432 g/mol. The highest BCUT2D eigenvalue weighted by molar-refractivity contribution is 5.94. The van der Waals surface area contributed by atoms with Gasteiger partial charge in [0, 0.05) is 0 Å². The van der Waals surface area contributed by atoms with Crippen molar-refractivity contribution >= 4 is 23.7 Å². The van der Waals surface area contributed by atoms with Gasteiger partial charge in [-0.15, -0.1) is 0 Å². The van der Waals surface area contributed by atoms with Gasteiger partial charge in [-0.1, -0.05) is 20.3 Å². The number of nitrogens with two attached hydrogens (primary N) is 3. The summed E-state index contributed by atoms with van der Waals surface area (Å²) in [6.07, 6.45) is 3.38. The van der Waals surface area contributed by atoms with Gasteiger partial charge >= 0.3 is 5.97 Å². The molecule has 0 rings (SSSR count). The van der Waals surface area contributed by atoms with Crippen LogP contribution in [0.1, 0.15) is 58.8 Å². The molecule has 12 heteroatoms. The van der Waals surface area contributed by atoms with Crippen molar-refractivity contribution in [1.82, 2.24) is 16.0 Å².